The molecule has 0 aliphatic rings. The van der Waals surface area contributed by atoms with Crippen molar-refractivity contribution in [2.24, 2.45) is 0 Å². The highest BCUT2D eigenvalue weighted by Crippen LogP contribution is 2.18. The zero-order valence-electron chi connectivity index (χ0n) is 10.3. The van der Waals surface area contributed by atoms with Gasteiger partial charge in [0.05, 0.1) is 26.2 Å². The van der Waals surface area contributed by atoms with Crippen LogP contribution in [0.3, 0.4) is 0 Å². The third-order valence-electron chi connectivity index (χ3n) is 2.70. The minimum absolute atomic E-state index is 0.165. The first kappa shape index (κ1) is 12.2. The van der Waals surface area contributed by atoms with E-state index in [1.807, 2.05) is 13.0 Å². The number of ether oxygens (including phenoxy) is 1. The van der Waals surface area contributed by atoms with Crippen molar-refractivity contribution < 1.29 is 13.9 Å². The van der Waals surface area contributed by atoms with Crippen molar-refractivity contribution >= 4 is 11.8 Å². The molecule has 0 amide bonds. The van der Waals surface area contributed by atoms with E-state index in [1.54, 1.807) is 17.1 Å². The van der Waals surface area contributed by atoms with Gasteiger partial charge in [-0.2, -0.15) is 0 Å². The van der Waals surface area contributed by atoms with E-state index >= 15 is 0 Å². The lowest BCUT2D eigenvalue weighted by Gasteiger charge is -2.06. The smallest absolute Gasteiger partial charge is 0.360 e. The highest BCUT2D eigenvalue weighted by atomic mass is 16.5. The molecule has 0 radical (unpaired) electrons. The summed E-state index contributed by atoms with van der Waals surface area (Å²) in [6, 6.07) is 1.84. The molecule has 18 heavy (non-hydrogen) atoms. The largest absolute Gasteiger partial charge is 0.472 e. The first-order valence-electron chi connectivity index (χ1n) is 5.61. The van der Waals surface area contributed by atoms with Gasteiger partial charge in [0.25, 0.3) is 0 Å². The van der Waals surface area contributed by atoms with E-state index in [1.165, 1.54) is 7.11 Å². The molecule has 0 saturated carbocycles. The van der Waals surface area contributed by atoms with Gasteiger partial charge in [-0.1, -0.05) is 6.92 Å². The number of methoxy groups -OCH3 is 1. The van der Waals surface area contributed by atoms with E-state index in [2.05, 4.69) is 9.72 Å². The molecule has 0 fully saturated rings. The van der Waals surface area contributed by atoms with Gasteiger partial charge in [-0.3, -0.25) is 0 Å². The minimum atomic E-state index is -0.520. The number of aryl methyl sites for hydroxylation is 1. The number of carbonyl (C=O) groups is 1. The molecule has 0 aromatic carbocycles. The highest BCUT2D eigenvalue weighted by Gasteiger charge is 2.20. The summed E-state index contributed by atoms with van der Waals surface area (Å²) in [5, 5.41) is 0. The van der Waals surface area contributed by atoms with Gasteiger partial charge < -0.3 is 19.5 Å². The van der Waals surface area contributed by atoms with Gasteiger partial charge in [0.1, 0.15) is 11.6 Å². The second-order valence-electron chi connectivity index (χ2n) is 3.82. The molecule has 6 heteroatoms. The Morgan fingerprint density at radius 1 is 1.61 bits per heavy atom. The van der Waals surface area contributed by atoms with Gasteiger partial charge >= 0.3 is 5.97 Å². The molecule has 2 aromatic rings. The summed E-state index contributed by atoms with van der Waals surface area (Å²) >= 11 is 0. The van der Waals surface area contributed by atoms with Crippen LogP contribution >= 0.6 is 0 Å². The Kier molecular flexibility index (Phi) is 3.36. The monoisotopic (exact) mass is 249 g/mol. The van der Waals surface area contributed by atoms with Crippen LogP contribution in [0, 0.1) is 0 Å². The van der Waals surface area contributed by atoms with Crippen molar-refractivity contribution in [3.63, 3.8) is 0 Å². The summed E-state index contributed by atoms with van der Waals surface area (Å²) < 4.78 is 11.4. The maximum Gasteiger partial charge on any atom is 0.360 e. The van der Waals surface area contributed by atoms with Crippen molar-refractivity contribution in [3.05, 3.63) is 35.7 Å². The second-order valence-corrected chi connectivity index (χ2v) is 3.82. The molecule has 0 saturated heterocycles. The fraction of sp³-hybridized carbons (Fsp3) is 0.333. The molecule has 0 bridgehead atoms. The highest BCUT2D eigenvalue weighted by molar-refractivity contribution is 5.92. The zero-order chi connectivity index (χ0) is 13.1. The third-order valence-corrected chi connectivity index (χ3v) is 2.70. The summed E-state index contributed by atoms with van der Waals surface area (Å²) in [4.78, 5) is 15.7. The first-order valence-corrected chi connectivity index (χ1v) is 5.61. The number of imidazole rings is 1. The molecule has 0 atom stereocenters. The number of carbonyl (C=O) groups excluding carboxylic acids is 1. The SMILES string of the molecule is CCc1nc(C(=O)OC)c(N)n1Cc1ccoc1. The summed E-state index contributed by atoms with van der Waals surface area (Å²) in [5.41, 5.74) is 7.07. The van der Waals surface area contributed by atoms with Gasteiger partial charge in [0.15, 0.2) is 5.69 Å². The van der Waals surface area contributed by atoms with Crippen LogP contribution in [0.5, 0.6) is 0 Å². The summed E-state index contributed by atoms with van der Waals surface area (Å²) in [7, 11) is 1.31. The van der Waals surface area contributed by atoms with Crippen LogP contribution in [0.1, 0.15) is 28.8 Å². The lowest BCUT2D eigenvalue weighted by atomic mass is 10.3. The average Bonchev–Trinajstić information content (AvgIpc) is 2.99. The van der Waals surface area contributed by atoms with Crippen LogP contribution in [0.25, 0.3) is 0 Å². The molecule has 0 aliphatic heterocycles. The summed E-state index contributed by atoms with van der Waals surface area (Å²) in [5.74, 6) is 0.544. The van der Waals surface area contributed by atoms with E-state index in [0.29, 0.717) is 18.8 Å². The molecular formula is C12H15N3O3. The molecule has 6 nitrogen and oxygen atoms in total. The van der Waals surface area contributed by atoms with Crippen molar-refractivity contribution in [1.29, 1.82) is 0 Å². The number of esters is 1. The maximum absolute atomic E-state index is 11.5. The fourth-order valence-corrected chi connectivity index (χ4v) is 1.77. The minimum Gasteiger partial charge on any atom is -0.472 e. The van der Waals surface area contributed by atoms with Crippen molar-refractivity contribution in [2.75, 3.05) is 12.8 Å². The van der Waals surface area contributed by atoms with E-state index in [4.69, 9.17) is 10.2 Å². The number of aromatic nitrogens is 2. The Morgan fingerprint density at radius 3 is 2.94 bits per heavy atom. The van der Waals surface area contributed by atoms with Crippen molar-refractivity contribution in [1.82, 2.24) is 9.55 Å². The van der Waals surface area contributed by atoms with Crippen LogP contribution in [0.15, 0.2) is 23.0 Å². The third kappa shape index (κ3) is 2.09. The number of furan rings is 1. The molecule has 2 rings (SSSR count). The van der Waals surface area contributed by atoms with Crippen LogP contribution < -0.4 is 5.73 Å². The number of nitrogens with two attached hydrogens (primary N) is 1. The number of rotatable bonds is 4. The maximum atomic E-state index is 11.5. The Labute approximate surface area is 104 Å². The Balaban J connectivity index is 2.39. The molecule has 96 valence electrons. The number of nitrogen functional groups attached to an aromatic ring is 1. The van der Waals surface area contributed by atoms with E-state index in [-0.39, 0.29) is 5.69 Å². The van der Waals surface area contributed by atoms with E-state index < -0.39 is 5.97 Å². The van der Waals surface area contributed by atoms with Crippen molar-refractivity contribution in [2.45, 2.75) is 19.9 Å². The van der Waals surface area contributed by atoms with Crippen LogP contribution in [0.4, 0.5) is 5.82 Å². The predicted octanol–water partition coefficient (Wildman–Crippen LogP) is 1.46. The lowest BCUT2D eigenvalue weighted by molar-refractivity contribution is 0.0595. The van der Waals surface area contributed by atoms with E-state index in [0.717, 1.165) is 11.4 Å². The number of hydrogen-bond donors (Lipinski definition) is 1. The topological polar surface area (TPSA) is 83.3 Å². The van der Waals surface area contributed by atoms with Gasteiger partial charge in [0.2, 0.25) is 0 Å². The second kappa shape index (κ2) is 4.95. The summed E-state index contributed by atoms with van der Waals surface area (Å²) in [6.45, 7) is 2.48. The fourth-order valence-electron chi connectivity index (χ4n) is 1.77. The van der Waals surface area contributed by atoms with Crippen LogP contribution in [-0.2, 0) is 17.7 Å². The van der Waals surface area contributed by atoms with Gasteiger partial charge in [-0.15, -0.1) is 0 Å². The van der Waals surface area contributed by atoms with Gasteiger partial charge in [-0.05, 0) is 6.07 Å². The standard InChI is InChI=1S/C12H15N3O3/c1-3-9-14-10(12(16)17-2)11(13)15(9)6-8-4-5-18-7-8/h4-5,7H,3,6,13H2,1-2H3. The Morgan fingerprint density at radius 2 is 2.39 bits per heavy atom. The molecule has 2 N–H and O–H groups in total. The Hall–Kier alpha value is -2.24. The average molecular weight is 249 g/mol. The zero-order valence-corrected chi connectivity index (χ0v) is 10.3. The number of hydrogen-bond acceptors (Lipinski definition) is 5. The molecule has 0 spiro atoms. The lowest BCUT2D eigenvalue weighted by Crippen LogP contribution is -2.09. The quantitative estimate of drug-likeness (QED) is 0.829. The predicted molar refractivity (Wildman–Crippen MR) is 65.2 cm³/mol. The van der Waals surface area contributed by atoms with Crippen molar-refractivity contribution in [3.8, 4) is 0 Å². The molecular weight excluding hydrogens is 234 g/mol. The molecule has 0 unspecified atom stereocenters. The molecule has 2 aromatic heterocycles. The molecule has 0 aliphatic carbocycles. The summed E-state index contributed by atoms with van der Waals surface area (Å²) in [6.07, 6.45) is 3.91. The molecule has 2 heterocycles. The number of nitrogens with zero attached hydrogens (tertiary/aromatic N) is 2. The van der Waals surface area contributed by atoms with Gasteiger partial charge in [0, 0.05) is 12.0 Å². The normalized spacial score (nSPS) is 10.6. The van der Waals surface area contributed by atoms with Gasteiger partial charge in [-0.25, -0.2) is 9.78 Å². The van der Waals surface area contributed by atoms with Crippen LogP contribution in [-0.4, -0.2) is 22.6 Å². The Bertz CT molecular complexity index is 543. The van der Waals surface area contributed by atoms with Crippen LogP contribution in [0.2, 0.25) is 0 Å². The van der Waals surface area contributed by atoms with E-state index in [9.17, 15) is 4.79 Å². The first-order chi connectivity index (χ1) is 8.67. The number of anilines is 1.